The normalized spacial score (nSPS) is 43.0. The van der Waals surface area contributed by atoms with E-state index in [0.29, 0.717) is 23.2 Å². The number of hydrogen-bond donors (Lipinski definition) is 0. The minimum absolute atomic E-state index is 0.0870. The van der Waals surface area contributed by atoms with Crippen LogP contribution in [0.15, 0.2) is 12.2 Å². The fourth-order valence-electron chi connectivity index (χ4n) is 9.76. The summed E-state index contributed by atoms with van der Waals surface area (Å²) in [5.41, 5.74) is 0.932. The minimum atomic E-state index is 0.0870. The first-order valence-corrected chi connectivity index (χ1v) is 14.4. The maximum absolute atomic E-state index is 12.9. The van der Waals surface area contributed by atoms with E-state index in [0.717, 1.165) is 35.5 Å². The van der Waals surface area contributed by atoms with Crippen LogP contribution in [0.2, 0.25) is 0 Å². The van der Waals surface area contributed by atoms with Crippen molar-refractivity contribution in [2.75, 3.05) is 14.1 Å². The lowest BCUT2D eigenvalue weighted by Crippen LogP contribution is -2.57. The number of amides is 1. The minimum Gasteiger partial charge on any atom is -0.349 e. The van der Waals surface area contributed by atoms with Gasteiger partial charge in [-0.15, -0.1) is 0 Å². The average Bonchev–Trinajstić information content (AvgIpc) is 3.10. The average molecular weight is 456 g/mol. The maximum Gasteiger partial charge on any atom is 0.222 e. The van der Waals surface area contributed by atoms with Crippen LogP contribution in [0.3, 0.4) is 0 Å². The van der Waals surface area contributed by atoms with E-state index in [-0.39, 0.29) is 5.41 Å². The van der Waals surface area contributed by atoms with Crippen molar-refractivity contribution >= 4 is 5.91 Å². The molecule has 0 aliphatic heterocycles. The molecule has 0 unspecified atom stereocenters. The third-order valence-corrected chi connectivity index (χ3v) is 11.8. The number of nitrogens with zero attached hydrogens (tertiary/aromatic N) is 1. The van der Waals surface area contributed by atoms with Crippen LogP contribution in [0.1, 0.15) is 112 Å². The predicted molar refractivity (Wildman–Crippen MR) is 140 cm³/mol. The standard InChI is InChI=1S/C31H53NO/c1-22(2)11-10-12-23(3)25-13-14-26-24-15-20-31(21-28(33)32(6)7)18-9-8-17-30(31,5)27(24)16-19-29(25,26)4/h9,18,22-27H,8,10-17,19-21H2,1-7H3/t23-,24+,25-,26+,27+,29-,30-,31+/m1/s1. The molecule has 0 radical (unpaired) electrons. The Kier molecular flexibility index (Phi) is 7.17. The Morgan fingerprint density at radius 1 is 0.970 bits per heavy atom. The molecule has 0 aromatic rings. The second kappa shape index (κ2) is 9.34. The molecule has 0 aromatic carbocycles. The fourth-order valence-corrected chi connectivity index (χ4v) is 9.76. The summed E-state index contributed by atoms with van der Waals surface area (Å²) < 4.78 is 0. The molecule has 1 amide bonds. The summed E-state index contributed by atoms with van der Waals surface area (Å²) in [5, 5.41) is 0. The number of carbonyl (C=O) groups excluding carboxylic acids is 1. The molecule has 4 aliphatic carbocycles. The molecular weight excluding hydrogens is 402 g/mol. The van der Waals surface area contributed by atoms with Gasteiger partial charge in [-0.1, -0.05) is 66.0 Å². The lowest BCUT2D eigenvalue weighted by atomic mass is 9.40. The van der Waals surface area contributed by atoms with Crippen LogP contribution in [0.5, 0.6) is 0 Å². The van der Waals surface area contributed by atoms with Crippen LogP contribution in [-0.2, 0) is 4.79 Å². The van der Waals surface area contributed by atoms with Crippen molar-refractivity contribution in [3.63, 3.8) is 0 Å². The molecular formula is C31H53NO. The van der Waals surface area contributed by atoms with Gasteiger partial charge in [0.05, 0.1) is 0 Å². The lowest BCUT2D eigenvalue weighted by Gasteiger charge is -2.64. The van der Waals surface area contributed by atoms with Crippen molar-refractivity contribution in [1.29, 1.82) is 0 Å². The van der Waals surface area contributed by atoms with E-state index in [9.17, 15) is 4.79 Å². The second-order valence-electron chi connectivity index (χ2n) is 13.9. The Morgan fingerprint density at radius 2 is 1.73 bits per heavy atom. The molecule has 3 saturated carbocycles. The van der Waals surface area contributed by atoms with E-state index < -0.39 is 0 Å². The number of fused-ring (bicyclic) bond motifs is 5. The highest BCUT2D eigenvalue weighted by atomic mass is 16.2. The van der Waals surface area contributed by atoms with Gasteiger partial charge in [0.25, 0.3) is 0 Å². The van der Waals surface area contributed by atoms with Crippen LogP contribution in [0.25, 0.3) is 0 Å². The van der Waals surface area contributed by atoms with E-state index >= 15 is 0 Å². The summed E-state index contributed by atoms with van der Waals surface area (Å²) in [7, 11) is 3.86. The Hall–Kier alpha value is -0.790. The van der Waals surface area contributed by atoms with Gasteiger partial charge in [0.2, 0.25) is 5.91 Å². The second-order valence-corrected chi connectivity index (χ2v) is 13.9. The highest BCUT2D eigenvalue weighted by Gasteiger charge is 2.63. The first kappa shape index (κ1) is 25.3. The SMILES string of the molecule is CC(C)CCC[C@@H](C)[C@H]1CC[C@H]2[C@@H]3CC[C@]4(CC(=O)N(C)C)C=CCC[C@]4(C)[C@H]3CC[C@]12C. The lowest BCUT2D eigenvalue weighted by molar-refractivity contribution is -0.150. The van der Waals surface area contributed by atoms with Crippen molar-refractivity contribution in [2.24, 2.45) is 51.8 Å². The number of hydrogen-bond acceptors (Lipinski definition) is 1. The summed E-state index contributed by atoms with van der Waals surface area (Å²) in [6.07, 6.45) is 20.7. The van der Waals surface area contributed by atoms with Crippen molar-refractivity contribution in [1.82, 2.24) is 4.90 Å². The Bertz CT molecular complexity index is 739. The molecule has 0 aromatic heterocycles. The van der Waals surface area contributed by atoms with Crippen molar-refractivity contribution in [3.05, 3.63) is 12.2 Å². The van der Waals surface area contributed by atoms with E-state index in [4.69, 9.17) is 0 Å². The van der Waals surface area contributed by atoms with Crippen LogP contribution >= 0.6 is 0 Å². The van der Waals surface area contributed by atoms with Crippen molar-refractivity contribution < 1.29 is 4.79 Å². The van der Waals surface area contributed by atoms with Gasteiger partial charge in [0.15, 0.2) is 0 Å². The van der Waals surface area contributed by atoms with Gasteiger partial charge in [-0.25, -0.2) is 0 Å². The molecule has 3 fully saturated rings. The zero-order chi connectivity index (χ0) is 24.0. The van der Waals surface area contributed by atoms with Gasteiger partial charge in [0, 0.05) is 25.9 Å². The summed E-state index contributed by atoms with van der Waals surface area (Å²) in [6, 6.07) is 0. The quantitative estimate of drug-likeness (QED) is 0.355. The van der Waals surface area contributed by atoms with E-state index in [1.807, 2.05) is 19.0 Å². The molecule has 0 spiro atoms. The van der Waals surface area contributed by atoms with Gasteiger partial charge in [-0.2, -0.15) is 0 Å². The van der Waals surface area contributed by atoms with Gasteiger partial charge in [-0.05, 0) is 97.7 Å². The van der Waals surface area contributed by atoms with E-state index in [1.54, 1.807) is 0 Å². The van der Waals surface area contributed by atoms with E-state index in [2.05, 4.69) is 46.8 Å². The summed E-state index contributed by atoms with van der Waals surface area (Å²) in [5.74, 6) is 5.57. The molecule has 2 nitrogen and oxygen atoms in total. The molecule has 33 heavy (non-hydrogen) atoms. The molecule has 0 heterocycles. The highest BCUT2D eigenvalue weighted by molar-refractivity contribution is 5.77. The number of allylic oxidation sites excluding steroid dienone is 2. The predicted octanol–water partition coefficient (Wildman–Crippen LogP) is 8.12. The zero-order valence-corrected chi connectivity index (χ0v) is 23.0. The summed E-state index contributed by atoms with van der Waals surface area (Å²) >= 11 is 0. The third-order valence-electron chi connectivity index (χ3n) is 11.8. The largest absolute Gasteiger partial charge is 0.349 e. The van der Waals surface area contributed by atoms with Gasteiger partial charge in [-0.3, -0.25) is 4.79 Å². The molecule has 0 N–H and O–H groups in total. The molecule has 188 valence electrons. The molecule has 0 saturated heterocycles. The molecule has 2 heteroatoms. The molecule has 0 bridgehead atoms. The third kappa shape index (κ3) is 4.24. The topological polar surface area (TPSA) is 20.3 Å². The van der Waals surface area contributed by atoms with Gasteiger partial charge >= 0.3 is 0 Å². The summed E-state index contributed by atoms with van der Waals surface area (Å²) in [6.45, 7) is 12.6. The van der Waals surface area contributed by atoms with Gasteiger partial charge < -0.3 is 4.90 Å². The van der Waals surface area contributed by atoms with Crippen molar-refractivity contribution in [3.8, 4) is 0 Å². The Morgan fingerprint density at radius 3 is 2.42 bits per heavy atom. The van der Waals surface area contributed by atoms with Crippen LogP contribution in [0, 0.1) is 51.8 Å². The Labute approximate surface area is 205 Å². The number of carbonyl (C=O) groups is 1. The first-order valence-electron chi connectivity index (χ1n) is 14.4. The van der Waals surface area contributed by atoms with Crippen LogP contribution in [0.4, 0.5) is 0 Å². The first-order chi connectivity index (χ1) is 15.5. The van der Waals surface area contributed by atoms with Gasteiger partial charge in [0.1, 0.15) is 0 Å². The zero-order valence-electron chi connectivity index (χ0n) is 23.0. The van der Waals surface area contributed by atoms with Crippen molar-refractivity contribution in [2.45, 2.75) is 112 Å². The molecule has 4 rings (SSSR count). The Balaban J connectivity index is 1.53. The monoisotopic (exact) mass is 455 g/mol. The van der Waals surface area contributed by atoms with Crippen LogP contribution < -0.4 is 0 Å². The van der Waals surface area contributed by atoms with E-state index in [1.165, 1.54) is 70.6 Å². The maximum atomic E-state index is 12.9. The van der Waals surface area contributed by atoms with Crippen LogP contribution in [-0.4, -0.2) is 24.9 Å². The highest BCUT2D eigenvalue weighted by Crippen LogP contribution is 2.71. The fraction of sp³-hybridized carbons (Fsp3) is 0.903. The molecule has 8 atom stereocenters. The number of rotatable bonds is 7. The summed E-state index contributed by atoms with van der Waals surface area (Å²) in [4.78, 5) is 14.8. The smallest absolute Gasteiger partial charge is 0.222 e. The molecule has 4 aliphatic rings.